The molecule has 150 valence electrons. The lowest BCUT2D eigenvalue weighted by Gasteiger charge is -2.30. The van der Waals surface area contributed by atoms with Crippen LogP contribution in [0.25, 0.3) is 5.69 Å². The Labute approximate surface area is 168 Å². The molecular weight excluding hydrogens is 378 g/mol. The number of thioether (sulfide) groups is 1. The van der Waals surface area contributed by atoms with E-state index in [0.717, 1.165) is 42.7 Å². The van der Waals surface area contributed by atoms with Gasteiger partial charge in [0.15, 0.2) is 6.61 Å². The molecule has 1 aliphatic rings. The van der Waals surface area contributed by atoms with Crippen LogP contribution in [-0.4, -0.2) is 62.4 Å². The van der Waals surface area contributed by atoms with Crippen molar-refractivity contribution >= 4 is 23.6 Å². The highest BCUT2D eigenvalue weighted by molar-refractivity contribution is 7.99. The lowest BCUT2D eigenvalue weighted by Crippen LogP contribution is -2.41. The van der Waals surface area contributed by atoms with Crippen LogP contribution in [0.15, 0.2) is 23.4 Å². The number of piperidine rings is 1. The number of hydrogen-bond donors (Lipinski definition) is 0. The molecule has 9 heteroatoms. The second kappa shape index (κ2) is 9.18. The molecule has 0 spiro atoms. The number of ether oxygens (including phenoxy) is 1. The van der Waals surface area contributed by atoms with Gasteiger partial charge < -0.3 is 9.64 Å². The van der Waals surface area contributed by atoms with Crippen LogP contribution in [0, 0.1) is 19.8 Å². The maximum Gasteiger partial charge on any atom is 0.316 e. The van der Waals surface area contributed by atoms with Gasteiger partial charge in [-0.25, -0.2) is 0 Å². The fourth-order valence-corrected chi connectivity index (χ4v) is 3.86. The van der Waals surface area contributed by atoms with Gasteiger partial charge in [0.1, 0.15) is 0 Å². The molecule has 28 heavy (non-hydrogen) atoms. The average Bonchev–Trinajstić information content (AvgIpc) is 3.14. The van der Waals surface area contributed by atoms with E-state index in [4.69, 9.17) is 4.74 Å². The number of carbonyl (C=O) groups is 2. The van der Waals surface area contributed by atoms with Gasteiger partial charge in [-0.3, -0.25) is 9.59 Å². The van der Waals surface area contributed by atoms with Crippen molar-refractivity contribution < 1.29 is 14.3 Å². The summed E-state index contributed by atoms with van der Waals surface area (Å²) in [6, 6.07) is 6.02. The lowest BCUT2D eigenvalue weighted by atomic mass is 10.0. The average molecular weight is 404 g/mol. The standard InChI is InChI=1S/C19H25N5O3S/c1-13-6-7-15(3)16(9-13)24-19(20-21-22-24)28-12-18(26)27-11-17(25)23-8-4-5-14(2)10-23/h6-7,9,14H,4-5,8,10-12H2,1-3H3/t14-/m0/s1. The largest absolute Gasteiger partial charge is 0.455 e. The first-order valence-corrected chi connectivity index (χ1v) is 10.3. The van der Waals surface area contributed by atoms with Crippen molar-refractivity contribution in [2.75, 3.05) is 25.4 Å². The number of hydrogen-bond acceptors (Lipinski definition) is 7. The molecule has 1 saturated heterocycles. The number of aryl methyl sites for hydroxylation is 2. The van der Waals surface area contributed by atoms with Crippen LogP contribution in [0.1, 0.15) is 30.9 Å². The fraction of sp³-hybridized carbons (Fsp3) is 0.526. The summed E-state index contributed by atoms with van der Waals surface area (Å²) in [7, 11) is 0. The molecule has 8 nitrogen and oxygen atoms in total. The number of rotatable bonds is 6. The number of nitrogens with zero attached hydrogens (tertiary/aromatic N) is 5. The zero-order valence-corrected chi connectivity index (χ0v) is 17.2. The number of tetrazole rings is 1. The van der Waals surface area contributed by atoms with Gasteiger partial charge in [-0.05, 0) is 60.2 Å². The van der Waals surface area contributed by atoms with E-state index in [-0.39, 0.29) is 18.3 Å². The number of aromatic nitrogens is 4. The molecule has 1 aliphatic heterocycles. The molecule has 1 fully saturated rings. The molecule has 2 heterocycles. The van der Waals surface area contributed by atoms with Gasteiger partial charge in [-0.2, -0.15) is 4.68 Å². The topological polar surface area (TPSA) is 90.2 Å². The maximum atomic E-state index is 12.2. The molecule has 0 aliphatic carbocycles. The Hall–Kier alpha value is -2.42. The van der Waals surface area contributed by atoms with E-state index in [1.807, 2.05) is 32.0 Å². The van der Waals surface area contributed by atoms with Gasteiger partial charge in [-0.1, -0.05) is 30.8 Å². The number of carbonyl (C=O) groups excluding carboxylic acids is 2. The quantitative estimate of drug-likeness (QED) is 0.539. The first-order chi connectivity index (χ1) is 13.4. The van der Waals surface area contributed by atoms with Crippen LogP contribution in [0.3, 0.4) is 0 Å². The van der Waals surface area contributed by atoms with Crippen molar-refractivity contribution in [1.29, 1.82) is 0 Å². The number of esters is 1. The van der Waals surface area contributed by atoms with Gasteiger partial charge in [-0.15, -0.1) is 5.10 Å². The third-order valence-electron chi connectivity index (χ3n) is 4.72. The molecule has 0 N–H and O–H groups in total. The second-order valence-electron chi connectivity index (χ2n) is 7.20. The van der Waals surface area contributed by atoms with E-state index < -0.39 is 5.97 Å². The summed E-state index contributed by atoms with van der Waals surface area (Å²) in [6.45, 7) is 7.36. The predicted molar refractivity (Wildman–Crippen MR) is 105 cm³/mol. The van der Waals surface area contributed by atoms with Crippen molar-refractivity contribution in [3.05, 3.63) is 29.3 Å². The number of likely N-dealkylation sites (tertiary alicyclic amines) is 1. The molecule has 3 rings (SSSR count). The van der Waals surface area contributed by atoms with E-state index in [0.29, 0.717) is 11.1 Å². The molecule has 0 saturated carbocycles. The predicted octanol–water partition coefficient (Wildman–Crippen LogP) is 2.17. The zero-order chi connectivity index (χ0) is 20.1. The van der Waals surface area contributed by atoms with Crippen LogP contribution in [-0.2, 0) is 14.3 Å². The summed E-state index contributed by atoms with van der Waals surface area (Å²) in [5, 5.41) is 12.2. The van der Waals surface area contributed by atoms with E-state index in [1.54, 1.807) is 9.58 Å². The summed E-state index contributed by atoms with van der Waals surface area (Å²) < 4.78 is 6.76. The Bertz CT molecular complexity index is 854. The van der Waals surface area contributed by atoms with Crippen molar-refractivity contribution in [3.63, 3.8) is 0 Å². The summed E-state index contributed by atoms with van der Waals surface area (Å²) in [4.78, 5) is 26.0. The van der Waals surface area contributed by atoms with Crippen LogP contribution in [0.2, 0.25) is 0 Å². The monoisotopic (exact) mass is 403 g/mol. The van der Waals surface area contributed by atoms with Gasteiger partial charge in [0, 0.05) is 13.1 Å². The smallest absolute Gasteiger partial charge is 0.316 e. The minimum absolute atomic E-state index is 0.0366. The third kappa shape index (κ3) is 5.09. The first kappa shape index (κ1) is 20.3. The Morgan fingerprint density at radius 1 is 1.32 bits per heavy atom. The molecule has 1 atom stereocenters. The minimum atomic E-state index is -0.459. The Morgan fingerprint density at radius 2 is 2.14 bits per heavy atom. The Balaban J connectivity index is 1.52. The zero-order valence-electron chi connectivity index (χ0n) is 16.4. The van der Waals surface area contributed by atoms with Crippen molar-refractivity contribution in [2.24, 2.45) is 5.92 Å². The van der Waals surface area contributed by atoms with Gasteiger partial charge in [0.25, 0.3) is 5.91 Å². The van der Waals surface area contributed by atoms with Crippen LogP contribution < -0.4 is 0 Å². The van der Waals surface area contributed by atoms with Crippen LogP contribution in [0.5, 0.6) is 0 Å². The van der Waals surface area contributed by atoms with Gasteiger partial charge in [0.05, 0.1) is 11.4 Å². The highest BCUT2D eigenvalue weighted by Crippen LogP contribution is 2.22. The first-order valence-electron chi connectivity index (χ1n) is 9.36. The molecule has 0 radical (unpaired) electrons. The fourth-order valence-electron chi connectivity index (χ4n) is 3.18. The highest BCUT2D eigenvalue weighted by atomic mass is 32.2. The number of amides is 1. The normalized spacial score (nSPS) is 16.8. The van der Waals surface area contributed by atoms with Crippen molar-refractivity contribution in [2.45, 2.75) is 38.8 Å². The van der Waals surface area contributed by atoms with Gasteiger partial charge in [0.2, 0.25) is 5.16 Å². The molecule has 2 aromatic rings. The summed E-state index contributed by atoms with van der Waals surface area (Å²) in [6.07, 6.45) is 2.13. The molecule has 1 aromatic carbocycles. The van der Waals surface area contributed by atoms with E-state index in [9.17, 15) is 9.59 Å². The van der Waals surface area contributed by atoms with Crippen molar-refractivity contribution in [3.8, 4) is 5.69 Å². The summed E-state index contributed by atoms with van der Waals surface area (Å²) in [5.74, 6) is -0.0634. The van der Waals surface area contributed by atoms with Crippen LogP contribution in [0.4, 0.5) is 0 Å². The molecule has 1 aromatic heterocycles. The summed E-state index contributed by atoms with van der Waals surface area (Å²) >= 11 is 1.19. The van der Waals surface area contributed by atoms with Gasteiger partial charge >= 0.3 is 5.97 Å². The third-order valence-corrected chi connectivity index (χ3v) is 5.61. The van der Waals surface area contributed by atoms with E-state index in [2.05, 4.69) is 22.4 Å². The van der Waals surface area contributed by atoms with Crippen LogP contribution >= 0.6 is 11.8 Å². The highest BCUT2D eigenvalue weighted by Gasteiger charge is 2.22. The molecular formula is C19H25N5O3S. The van der Waals surface area contributed by atoms with E-state index >= 15 is 0 Å². The minimum Gasteiger partial charge on any atom is -0.455 e. The SMILES string of the molecule is Cc1ccc(C)c(-n2nnnc2SCC(=O)OCC(=O)N2CCC[C@H](C)C2)c1. The van der Waals surface area contributed by atoms with E-state index in [1.165, 1.54) is 11.8 Å². The molecule has 1 amide bonds. The number of benzene rings is 1. The van der Waals surface area contributed by atoms with Crippen molar-refractivity contribution in [1.82, 2.24) is 25.1 Å². The Kier molecular flexibility index (Phi) is 6.66. The molecule has 0 bridgehead atoms. The maximum absolute atomic E-state index is 12.2. The summed E-state index contributed by atoms with van der Waals surface area (Å²) in [5.41, 5.74) is 3.00. The lowest BCUT2D eigenvalue weighted by molar-refractivity contribution is -0.150. The molecule has 0 unspecified atom stereocenters. The second-order valence-corrected chi connectivity index (χ2v) is 8.14. The Morgan fingerprint density at radius 3 is 2.93 bits per heavy atom.